The Hall–Kier alpha value is -1.67. The number of rotatable bonds is 14. The molecule has 0 saturated heterocycles. The van der Waals surface area contributed by atoms with Crippen molar-refractivity contribution in [1.82, 2.24) is 15.6 Å². The van der Waals surface area contributed by atoms with Gasteiger partial charge in [-0.3, -0.25) is 15.4 Å². The molecule has 0 aromatic carbocycles. The standard InChI is InChI=1S/C15H25F7N4O3/c16-13(14(17,18)19,15(20,21)22)5-3-1-2-4-11(27)25-7-6-24-8-9-26(23)10-12(28)29/h24H,1-10,23H2,(H,25,27)(H,28,29). The molecule has 172 valence electrons. The monoisotopic (exact) mass is 442 g/mol. The third kappa shape index (κ3) is 10.6. The lowest BCUT2D eigenvalue weighted by molar-refractivity contribution is -0.343. The number of hydrogen-bond donors (Lipinski definition) is 4. The molecule has 7 nitrogen and oxygen atoms in total. The molecule has 0 radical (unpaired) electrons. The van der Waals surface area contributed by atoms with E-state index >= 15 is 0 Å². The zero-order valence-electron chi connectivity index (χ0n) is 15.5. The largest absolute Gasteiger partial charge is 0.480 e. The molecule has 0 heterocycles. The highest BCUT2D eigenvalue weighted by atomic mass is 19.4. The van der Waals surface area contributed by atoms with E-state index in [-0.39, 0.29) is 38.9 Å². The Balaban J connectivity index is 3.89. The topological polar surface area (TPSA) is 108 Å². The van der Waals surface area contributed by atoms with Crippen molar-refractivity contribution in [3.8, 4) is 0 Å². The van der Waals surface area contributed by atoms with Crippen LogP contribution in [0.2, 0.25) is 0 Å². The van der Waals surface area contributed by atoms with Crippen molar-refractivity contribution in [3.63, 3.8) is 0 Å². The minimum atomic E-state index is -6.05. The number of nitrogens with one attached hydrogen (secondary N) is 2. The summed E-state index contributed by atoms with van der Waals surface area (Å²) in [5.41, 5.74) is -5.25. The highest BCUT2D eigenvalue weighted by molar-refractivity contribution is 5.75. The molecular formula is C15H25F7N4O3. The molecule has 0 aliphatic rings. The van der Waals surface area contributed by atoms with Gasteiger partial charge in [0.05, 0.1) is 0 Å². The third-order valence-electron chi connectivity index (χ3n) is 3.86. The molecule has 0 fully saturated rings. The first-order valence-electron chi connectivity index (χ1n) is 8.72. The van der Waals surface area contributed by atoms with E-state index in [9.17, 15) is 40.3 Å². The SMILES string of the molecule is NN(CCNCCNC(=O)CCCCCC(F)(C(F)(F)F)C(F)(F)F)CC(=O)O. The van der Waals surface area contributed by atoms with E-state index in [1.54, 1.807) is 0 Å². The number of carboxylic acid groups (broad SMARTS) is 1. The number of halogens is 7. The van der Waals surface area contributed by atoms with Gasteiger partial charge in [0.15, 0.2) is 0 Å². The molecule has 0 rings (SSSR count). The summed E-state index contributed by atoms with van der Waals surface area (Å²) in [6, 6.07) is 0. The highest BCUT2D eigenvalue weighted by Gasteiger charge is 2.71. The maximum Gasteiger partial charge on any atom is 0.431 e. The Morgan fingerprint density at radius 1 is 0.897 bits per heavy atom. The van der Waals surface area contributed by atoms with Crippen LogP contribution in [0.5, 0.6) is 0 Å². The zero-order chi connectivity index (χ0) is 22.7. The number of nitrogens with two attached hydrogens (primary N) is 1. The smallest absolute Gasteiger partial charge is 0.431 e. The molecular weight excluding hydrogens is 417 g/mol. The summed E-state index contributed by atoms with van der Waals surface area (Å²) in [6.45, 7) is 0.843. The number of unbranched alkanes of at least 4 members (excludes halogenated alkanes) is 2. The first-order chi connectivity index (χ1) is 13.2. The van der Waals surface area contributed by atoms with Crippen molar-refractivity contribution in [1.29, 1.82) is 0 Å². The summed E-state index contributed by atoms with van der Waals surface area (Å²) in [4.78, 5) is 21.9. The Bertz CT molecular complexity index is 501. The van der Waals surface area contributed by atoms with E-state index in [2.05, 4.69) is 10.6 Å². The van der Waals surface area contributed by atoms with Crippen LogP contribution in [-0.2, 0) is 9.59 Å². The number of hydrogen-bond acceptors (Lipinski definition) is 5. The summed E-state index contributed by atoms with van der Waals surface area (Å²) in [6.07, 6.45) is -14.8. The van der Waals surface area contributed by atoms with Gasteiger partial charge in [0.25, 0.3) is 5.67 Å². The second kappa shape index (κ2) is 12.1. The minimum absolute atomic E-state index is 0.0162. The van der Waals surface area contributed by atoms with E-state index in [1.165, 1.54) is 0 Å². The molecule has 1 amide bonds. The second-order valence-electron chi connectivity index (χ2n) is 6.32. The van der Waals surface area contributed by atoms with Crippen LogP contribution >= 0.6 is 0 Å². The van der Waals surface area contributed by atoms with Crippen molar-refractivity contribution < 1.29 is 45.4 Å². The van der Waals surface area contributed by atoms with E-state index in [0.717, 1.165) is 5.01 Å². The summed E-state index contributed by atoms with van der Waals surface area (Å²) >= 11 is 0. The Morgan fingerprint density at radius 2 is 1.48 bits per heavy atom. The van der Waals surface area contributed by atoms with Gasteiger partial charge in [-0.05, 0) is 19.3 Å². The van der Waals surface area contributed by atoms with Crippen molar-refractivity contribution in [2.45, 2.75) is 50.1 Å². The van der Waals surface area contributed by atoms with Gasteiger partial charge in [-0.25, -0.2) is 9.40 Å². The highest BCUT2D eigenvalue weighted by Crippen LogP contribution is 2.49. The molecule has 14 heteroatoms. The van der Waals surface area contributed by atoms with Gasteiger partial charge in [-0.2, -0.15) is 26.3 Å². The number of carbonyl (C=O) groups excluding carboxylic acids is 1. The van der Waals surface area contributed by atoms with Crippen LogP contribution in [0.4, 0.5) is 30.7 Å². The fourth-order valence-electron chi connectivity index (χ4n) is 2.25. The maximum atomic E-state index is 13.4. The molecule has 5 N–H and O–H groups in total. The summed E-state index contributed by atoms with van der Waals surface area (Å²) in [7, 11) is 0. The molecule has 0 aromatic rings. The van der Waals surface area contributed by atoms with Crippen LogP contribution in [0.1, 0.15) is 32.1 Å². The number of aliphatic carboxylic acids is 1. The summed E-state index contributed by atoms with van der Waals surface area (Å²) in [5.74, 6) is 3.86. The normalized spacial score (nSPS) is 13.0. The first kappa shape index (κ1) is 27.3. The van der Waals surface area contributed by atoms with Gasteiger partial charge in [-0.15, -0.1) is 0 Å². The minimum Gasteiger partial charge on any atom is -0.480 e. The maximum absolute atomic E-state index is 13.4. The summed E-state index contributed by atoms with van der Waals surface area (Å²) < 4.78 is 87.6. The van der Waals surface area contributed by atoms with Gasteiger partial charge in [0.2, 0.25) is 5.91 Å². The number of carbonyl (C=O) groups is 2. The van der Waals surface area contributed by atoms with Crippen LogP contribution in [0.15, 0.2) is 0 Å². The zero-order valence-corrected chi connectivity index (χ0v) is 15.5. The van der Waals surface area contributed by atoms with E-state index < -0.39 is 42.7 Å². The Kier molecular flexibility index (Phi) is 11.4. The van der Waals surface area contributed by atoms with Crippen LogP contribution < -0.4 is 16.5 Å². The first-order valence-corrected chi connectivity index (χ1v) is 8.72. The van der Waals surface area contributed by atoms with Crippen molar-refractivity contribution in [3.05, 3.63) is 0 Å². The second-order valence-corrected chi connectivity index (χ2v) is 6.32. The van der Waals surface area contributed by atoms with Gasteiger partial charge < -0.3 is 15.7 Å². The van der Waals surface area contributed by atoms with Crippen molar-refractivity contribution >= 4 is 11.9 Å². The number of alkyl halides is 7. The third-order valence-corrected chi connectivity index (χ3v) is 3.86. The van der Waals surface area contributed by atoms with Gasteiger partial charge in [-0.1, -0.05) is 6.42 Å². The Morgan fingerprint density at radius 3 is 2.00 bits per heavy atom. The lowest BCUT2D eigenvalue weighted by Crippen LogP contribution is -2.53. The van der Waals surface area contributed by atoms with Crippen LogP contribution in [-0.4, -0.2) is 72.7 Å². The molecule has 0 unspecified atom stereocenters. The predicted molar refractivity (Wildman–Crippen MR) is 88.3 cm³/mol. The number of nitrogens with zero attached hydrogens (tertiary/aromatic N) is 1. The van der Waals surface area contributed by atoms with Gasteiger partial charge in [0, 0.05) is 32.6 Å². The molecule has 0 bridgehead atoms. The van der Waals surface area contributed by atoms with E-state index in [4.69, 9.17) is 10.9 Å². The predicted octanol–water partition coefficient (Wildman–Crippen LogP) is 1.74. The van der Waals surface area contributed by atoms with Crippen molar-refractivity contribution in [2.75, 3.05) is 32.7 Å². The van der Waals surface area contributed by atoms with E-state index in [1.807, 2.05) is 0 Å². The average molecular weight is 442 g/mol. The molecule has 0 aliphatic carbocycles. The van der Waals surface area contributed by atoms with Gasteiger partial charge in [0.1, 0.15) is 6.54 Å². The molecule has 0 atom stereocenters. The van der Waals surface area contributed by atoms with Crippen molar-refractivity contribution in [2.24, 2.45) is 5.84 Å². The average Bonchev–Trinajstić information content (AvgIpc) is 2.54. The van der Waals surface area contributed by atoms with Gasteiger partial charge >= 0.3 is 18.3 Å². The van der Waals surface area contributed by atoms with E-state index in [0.29, 0.717) is 13.1 Å². The lowest BCUT2D eigenvalue weighted by Gasteiger charge is -2.29. The van der Waals surface area contributed by atoms with Crippen LogP contribution in [0.25, 0.3) is 0 Å². The fraction of sp³-hybridized carbons (Fsp3) is 0.867. The van der Waals surface area contributed by atoms with Crippen LogP contribution in [0.3, 0.4) is 0 Å². The fourth-order valence-corrected chi connectivity index (χ4v) is 2.25. The molecule has 0 aliphatic heterocycles. The lowest BCUT2D eigenvalue weighted by atomic mass is 9.96. The number of hydrazine groups is 1. The number of amides is 1. The Labute approximate surface area is 162 Å². The van der Waals surface area contributed by atoms with Crippen LogP contribution in [0, 0.1) is 0 Å². The quantitative estimate of drug-likeness (QED) is 0.141. The molecule has 0 spiro atoms. The number of carboxylic acids is 1. The molecule has 0 saturated carbocycles. The summed E-state index contributed by atoms with van der Waals surface area (Å²) in [5, 5.41) is 14.9. The molecule has 0 aromatic heterocycles. The molecule has 29 heavy (non-hydrogen) atoms.